The van der Waals surface area contributed by atoms with Crippen LogP contribution in [-0.2, 0) is 0 Å². The fourth-order valence-corrected chi connectivity index (χ4v) is 3.88. The second kappa shape index (κ2) is 10.6. The van der Waals surface area contributed by atoms with Crippen molar-refractivity contribution in [3.63, 3.8) is 0 Å². The Morgan fingerprint density at radius 3 is 2.47 bits per heavy atom. The molecule has 3 aromatic rings. The minimum absolute atomic E-state index is 0.0181. The standard InChI is InChI=1S/C25H25ClFN5O2/c1-31-11-2-12-32(14-13-31)20-7-3-17(4-8-20)24(33)29-22-9-6-19(27)15-21(22)25(34)30-23-10-5-18(26)16-28-23/h3-10,15-16H,2,11-14H2,1H3,(H,29,33)(H,28,30,34). The fraction of sp³-hybridized carbons (Fsp3) is 0.240. The molecule has 9 heteroatoms. The van der Waals surface area contributed by atoms with Gasteiger partial charge in [0.15, 0.2) is 0 Å². The maximum absolute atomic E-state index is 13.9. The van der Waals surface area contributed by atoms with Crippen LogP contribution >= 0.6 is 11.6 Å². The van der Waals surface area contributed by atoms with E-state index in [1.165, 1.54) is 24.4 Å². The quantitative estimate of drug-likeness (QED) is 0.560. The first-order chi connectivity index (χ1) is 16.4. The van der Waals surface area contributed by atoms with Crippen molar-refractivity contribution in [3.8, 4) is 0 Å². The number of hydrogen-bond acceptors (Lipinski definition) is 5. The molecule has 1 aromatic heterocycles. The molecule has 1 fully saturated rings. The summed E-state index contributed by atoms with van der Waals surface area (Å²) in [5.74, 6) is -1.34. The smallest absolute Gasteiger partial charge is 0.259 e. The average Bonchev–Trinajstić information content (AvgIpc) is 3.06. The van der Waals surface area contributed by atoms with Crippen molar-refractivity contribution in [2.24, 2.45) is 0 Å². The van der Waals surface area contributed by atoms with E-state index < -0.39 is 17.6 Å². The number of likely N-dealkylation sites (N-methyl/N-ethyl adjacent to an activating group) is 1. The van der Waals surface area contributed by atoms with Crippen molar-refractivity contribution in [3.05, 3.63) is 82.8 Å². The van der Waals surface area contributed by atoms with Crippen LogP contribution in [0.2, 0.25) is 5.02 Å². The molecular weight excluding hydrogens is 457 g/mol. The molecule has 176 valence electrons. The average molecular weight is 482 g/mol. The highest BCUT2D eigenvalue weighted by atomic mass is 35.5. The molecule has 0 spiro atoms. The number of benzene rings is 2. The molecule has 1 aliphatic heterocycles. The number of carbonyl (C=O) groups excluding carboxylic acids is 2. The van der Waals surface area contributed by atoms with E-state index in [0.717, 1.165) is 44.4 Å². The van der Waals surface area contributed by atoms with Gasteiger partial charge in [0.25, 0.3) is 11.8 Å². The van der Waals surface area contributed by atoms with Crippen molar-refractivity contribution in [1.29, 1.82) is 0 Å². The van der Waals surface area contributed by atoms with Gasteiger partial charge in [0.05, 0.1) is 16.3 Å². The van der Waals surface area contributed by atoms with Crippen molar-refractivity contribution in [2.75, 3.05) is 48.8 Å². The molecule has 2 N–H and O–H groups in total. The second-order valence-electron chi connectivity index (χ2n) is 8.15. The largest absolute Gasteiger partial charge is 0.370 e. The number of rotatable bonds is 5. The van der Waals surface area contributed by atoms with Crippen molar-refractivity contribution in [2.45, 2.75) is 6.42 Å². The third-order valence-corrected chi connectivity index (χ3v) is 5.88. The first-order valence-corrected chi connectivity index (χ1v) is 11.3. The number of amides is 2. The third kappa shape index (κ3) is 5.89. The molecule has 0 atom stereocenters. The van der Waals surface area contributed by atoms with Crippen LogP contribution in [-0.4, -0.2) is 54.9 Å². The van der Waals surface area contributed by atoms with Crippen LogP contribution in [0.1, 0.15) is 27.1 Å². The van der Waals surface area contributed by atoms with E-state index in [2.05, 4.69) is 32.5 Å². The summed E-state index contributed by atoms with van der Waals surface area (Å²) in [7, 11) is 2.12. The van der Waals surface area contributed by atoms with Gasteiger partial charge < -0.3 is 20.4 Å². The lowest BCUT2D eigenvalue weighted by atomic mass is 10.1. The van der Waals surface area contributed by atoms with Crippen molar-refractivity contribution in [1.82, 2.24) is 9.88 Å². The monoisotopic (exact) mass is 481 g/mol. The Morgan fingerprint density at radius 1 is 0.941 bits per heavy atom. The van der Waals surface area contributed by atoms with Gasteiger partial charge in [0.1, 0.15) is 11.6 Å². The molecule has 2 aromatic carbocycles. The molecule has 2 heterocycles. The first kappa shape index (κ1) is 23.7. The van der Waals surface area contributed by atoms with Crippen LogP contribution in [0.25, 0.3) is 0 Å². The number of pyridine rings is 1. The highest BCUT2D eigenvalue weighted by molar-refractivity contribution is 6.30. The van der Waals surface area contributed by atoms with Gasteiger partial charge in [0, 0.05) is 37.1 Å². The topological polar surface area (TPSA) is 77.6 Å². The predicted molar refractivity (Wildman–Crippen MR) is 132 cm³/mol. The summed E-state index contributed by atoms with van der Waals surface area (Å²) < 4.78 is 13.9. The molecule has 34 heavy (non-hydrogen) atoms. The van der Waals surface area contributed by atoms with Gasteiger partial charge in [-0.25, -0.2) is 9.37 Å². The van der Waals surface area contributed by atoms with Crippen LogP contribution in [0.3, 0.4) is 0 Å². The van der Waals surface area contributed by atoms with E-state index in [0.29, 0.717) is 10.6 Å². The number of anilines is 3. The summed E-state index contributed by atoms with van der Waals surface area (Å²) in [5.41, 5.74) is 1.67. The van der Waals surface area contributed by atoms with Crippen LogP contribution in [0.15, 0.2) is 60.8 Å². The van der Waals surface area contributed by atoms with Gasteiger partial charge in [-0.15, -0.1) is 0 Å². The van der Waals surface area contributed by atoms with Crippen molar-refractivity contribution < 1.29 is 14.0 Å². The third-order valence-electron chi connectivity index (χ3n) is 5.66. The summed E-state index contributed by atoms with van der Waals surface area (Å²) in [6.07, 6.45) is 2.47. The molecule has 1 saturated heterocycles. The minimum Gasteiger partial charge on any atom is -0.370 e. The Labute approximate surface area is 202 Å². The molecule has 0 aliphatic carbocycles. The van der Waals surface area contributed by atoms with E-state index in [9.17, 15) is 14.0 Å². The Hall–Kier alpha value is -3.49. The minimum atomic E-state index is -0.605. The molecule has 0 radical (unpaired) electrons. The number of nitrogens with zero attached hydrogens (tertiary/aromatic N) is 3. The summed E-state index contributed by atoms with van der Waals surface area (Å²) in [5, 5.41) is 5.72. The molecule has 2 amide bonds. The zero-order valence-electron chi connectivity index (χ0n) is 18.7. The summed E-state index contributed by atoms with van der Waals surface area (Å²) in [6.45, 7) is 3.95. The lowest BCUT2D eigenvalue weighted by Crippen LogP contribution is -2.28. The van der Waals surface area contributed by atoms with E-state index in [1.54, 1.807) is 18.2 Å². The number of hydrogen-bond donors (Lipinski definition) is 2. The number of carbonyl (C=O) groups is 2. The highest BCUT2D eigenvalue weighted by Gasteiger charge is 2.17. The molecule has 0 saturated carbocycles. The van der Waals surface area contributed by atoms with Crippen LogP contribution in [0, 0.1) is 5.82 Å². The van der Waals surface area contributed by atoms with Crippen LogP contribution in [0.5, 0.6) is 0 Å². The number of halogens is 2. The van der Waals surface area contributed by atoms with Crippen molar-refractivity contribution >= 4 is 40.6 Å². The Morgan fingerprint density at radius 2 is 1.74 bits per heavy atom. The first-order valence-electron chi connectivity index (χ1n) is 11.0. The number of nitrogens with one attached hydrogen (secondary N) is 2. The van der Waals surface area contributed by atoms with Crippen LogP contribution in [0.4, 0.5) is 21.6 Å². The molecule has 0 unspecified atom stereocenters. The zero-order chi connectivity index (χ0) is 24.1. The van der Waals surface area contributed by atoms with E-state index in [4.69, 9.17) is 11.6 Å². The highest BCUT2D eigenvalue weighted by Crippen LogP contribution is 2.22. The molecule has 1 aliphatic rings. The van der Waals surface area contributed by atoms with Gasteiger partial charge in [-0.1, -0.05) is 11.6 Å². The SMILES string of the molecule is CN1CCCN(c2ccc(C(=O)Nc3ccc(F)cc3C(=O)Nc3ccc(Cl)cn3)cc2)CC1. The molecule has 0 bridgehead atoms. The van der Waals surface area contributed by atoms with E-state index in [1.807, 2.05) is 12.1 Å². The number of aromatic nitrogens is 1. The summed E-state index contributed by atoms with van der Waals surface area (Å²) in [6, 6.07) is 14.1. The van der Waals surface area contributed by atoms with E-state index >= 15 is 0 Å². The normalized spacial score (nSPS) is 14.4. The molecule has 4 rings (SSSR count). The molecular formula is C25H25ClFN5O2. The van der Waals surface area contributed by atoms with Crippen LogP contribution < -0.4 is 15.5 Å². The lowest BCUT2D eigenvalue weighted by Gasteiger charge is -2.23. The molecule has 7 nitrogen and oxygen atoms in total. The van der Waals surface area contributed by atoms with Gasteiger partial charge in [-0.2, -0.15) is 0 Å². The maximum atomic E-state index is 13.9. The summed E-state index contributed by atoms with van der Waals surface area (Å²) >= 11 is 5.82. The Balaban J connectivity index is 1.47. The Kier molecular flexibility index (Phi) is 7.40. The predicted octanol–water partition coefficient (Wildman–Crippen LogP) is 4.52. The lowest BCUT2D eigenvalue weighted by molar-refractivity contribution is 0.102. The van der Waals surface area contributed by atoms with Gasteiger partial charge in [-0.05, 0) is 74.6 Å². The van der Waals surface area contributed by atoms with E-state index in [-0.39, 0.29) is 17.1 Å². The van der Waals surface area contributed by atoms with Gasteiger partial charge >= 0.3 is 0 Å². The maximum Gasteiger partial charge on any atom is 0.259 e. The summed E-state index contributed by atoms with van der Waals surface area (Å²) in [4.78, 5) is 34.2. The fourth-order valence-electron chi connectivity index (χ4n) is 3.77. The Bertz CT molecular complexity index is 1170. The second-order valence-corrected chi connectivity index (χ2v) is 8.59. The zero-order valence-corrected chi connectivity index (χ0v) is 19.5. The van der Waals surface area contributed by atoms with Gasteiger partial charge in [-0.3, -0.25) is 9.59 Å². The van der Waals surface area contributed by atoms with Gasteiger partial charge in [0.2, 0.25) is 0 Å².